The first kappa shape index (κ1) is 17.7. The van der Waals surface area contributed by atoms with Crippen molar-refractivity contribution in [2.75, 3.05) is 31.1 Å². The predicted octanol–water partition coefficient (Wildman–Crippen LogP) is 3.01. The Bertz CT molecular complexity index is 891. The number of anilines is 1. The van der Waals surface area contributed by atoms with E-state index in [-0.39, 0.29) is 0 Å². The van der Waals surface area contributed by atoms with Crippen molar-refractivity contribution >= 4 is 5.82 Å². The Hall–Kier alpha value is -2.67. The number of nitrogens with zero attached hydrogens (tertiary/aromatic N) is 6. The lowest BCUT2D eigenvalue weighted by Crippen LogP contribution is -2.46. The highest BCUT2D eigenvalue weighted by atomic mass is 16.3. The number of rotatable bonds is 5. The average Bonchev–Trinajstić information content (AvgIpc) is 3.31. The summed E-state index contributed by atoms with van der Waals surface area (Å²) in [5.41, 5.74) is 1.06. The van der Waals surface area contributed by atoms with Crippen LogP contribution in [0.2, 0.25) is 0 Å². The molecule has 4 rings (SSSR count). The Balaban J connectivity index is 1.41. The van der Waals surface area contributed by atoms with E-state index in [1.807, 2.05) is 23.8 Å². The molecule has 0 unspecified atom stereocenters. The highest BCUT2D eigenvalue weighted by Gasteiger charge is 2.21. The van der Waals surface area contributed by atoms with Crippen LogP contribution in [0.15, 0.2) is 41.4 Å². The van der Waals surface area contributed by atoms with E-state index >= 15 is 0 Å². The molecule has 27 heavy (non-hydrogen) atoms. The molecule has 3 aromatic heterocycles. The summed E-state index contributed by atoms with van der Waals surface area (Å²) < 4.78 is 7.56. The Morgan fingerprint density at radius 2 is 1.85 bits per heavy atom. The van der Waals surface area contributed by atoms with Crippen molar-refractivity contribution in [3.63, 3.8) is 0 Å². The summed E-state index contributed by atoms with van der Waals surface area (Å²) >= 11 is 0. The van der Waals surface area contributed by atoms with Gasteiger partial charge in [0.2, 0.25) is 0 Å². The van der Waals surface area contributed by atoms with E-state index in [0.717, 1.165) is 61.6 Å². The zero-order valence-corrected chi connectivity index (χ0v) is 16.2. The number of oxazole rings is 1. The number of piperazine rings is 1. The Kier molecular flexibility index (Phi) is 4.94. The van der Waals surface area contributed by atoms with Crippen molar-refractivity contribution < 1.29 is 4.42 Å². The van der Waals surface area contributed by atoms with Gasteiger partial charge in [-0.2, -0.15) is 0 Å². The van der Waals surface area contributed by atoms with Crippen molar-refractivity contribution in [2.45, 2.75) is 33.2 Å². The predicted molar refractivity (Wildman–Crippen MR) is 104 cm³/mol. The van der Waals surface area contributed by atoms with E-state index in [1.54, 1.807) is 12.6 Å². The lowest BCUT2D eigenvalue weighted by atomic mass is 10.1. The molecule has 0 amide bonds. The zero-order chi connectivity index (χ0) is 18.8. The van der Waals surface area contributed by atoms with E-state index in [9.17, 15) is 0 Å². The molecule has 0 saturated carbocycles. The van der Waals surface area contributed by atoms with Crippen molar-refractivity contribution in [3.05, 3.63) is 54.3 Å². The molecule has 7 nitrogen and oxygen atoms in total. The van der Waals surface area contributed by atoms with Gasteiger partial charge in [0.25, 0.3) is 0 Å². The summed E-state index contributed by atoms with van der Waals surface area (Å²) in [6.07, 6.45) is 5.32. The Morgan fingerprint density at radius 3 is 2.56 bits per heavy atom. The number of imidazole rings is 1. The maximum absolute atomic E-state index is 5.55. The molecule has 0 bridgehead atoms. The first-order valence-corrected chi connectivity index (χ1v) is 9.49. The Labute approximate surface area is 159 Å². The van der Waals surface area contributed by atoms with Crippen LogP contribution in [0.5, 0.6) is 0 Å². The minimum atomic E-state index is 0.363. The average molecular weight is 366 g/mol. The van der Waals surface area contributed by atoms with Crippen molar-refractivity contribution in [1.29, 1.82) is 0 Å². The fourth-order valence-corrected chi connectivity index (χ4v) is 3.56. The summed E-state index contributed by atoms with van der Waals surface area (Å²) in [6.45, 7) is 11.0. The van der Waals surface area contributed by atoms with Crippen molar-refractivity contribution in [1.82, 2.24) is 24.4 Å². The zero-order valence-electron chi connectivity index (χ0n) is 16.2. The number of hydrogen-bond donors (Lipinski definition) is 0. The fourth-order valence-electron chi connectivity index (χ4n) is 3.56. The lowest BCUT2D eigenvalue weighted by molar-refractivity contribution is 0.245. The Morgan fingerprint density at radius 1 is 1.07 bits per heavy atom. The van der Waals surface area contributed by atoms with E-state index in [1.165, 1.54) is 0 Å². The largest absolute Gasteiger partial charge is 0.448 e. The SMILES string of the molecule is Cc1nccn1-c1cccc(N2CCN(Cc3ncoc3C(C)C)CC2)n1. The van der Waals surface area contributed by atoms with E-state index in [4.69, 9.17) is 9.40 Å². The molecule has 0 N–H and O–H groups in total. The third kappa shape index (κ3) is 3.73. The van der Waals surface area contributed by atoms with Gasteiger partial charge in [0.05, 0.1) is 5.69 Å². The van der Waals surface area contributed by atoms with Gasteiger partial charge in [-0.3, -0.25) is 9.47 Å². The van der Waals surface area contributed by atoms with E-state index in [2.05, 4.69) is 45.7 Å². The smallest absolute Gasteiger partial charge is 0.181 e. The molecule has 1 saturated heterocycles. The fraction of sp³-hybridized carbons (Fsp3) is 0.450. The molecule has 1 fully saturated rings. The molecule has 1 aliphatic heterocycles. The van der Waals surface area contributed by atoms with Crippen LogP contribution in [0.4, 0.5) is 5.82 Å². The minimum absolute atomic E-state index is 0.363. The van der Waals surface area contributed by atoms with Gasteiger partial charge >= 0.3 is 0 Å². The maximum atomic E-state index is 5.55. The third-order valence-electron chi connectivity index (χ3n) is 5.06. The van der Waals surface area contributed by atoms with Gasteiger partial charge in [0, 0.05) is 51.0 Å². The molecule has 0 radical (unpaired) electrons. The normalized spacial score (nSPS) is 15.6. The van der Waals surface area contributed by atoms with Crippen LogP contribution in [-0.4, -0.2) is 50.6 Å². The van der Waals surface area contributed by atoms with Gasteiger partial charge in [-0.15, -0.1) is 0 Å². The van der Waals surface area contributed by atoms with Gasteiger partial charge in [0.1, 0.15) is 23.2 Å². The maximum Gasteiger partial charge on any atom is 0.181 e. The molecular weight excluding hydrogens is 340 g/mol. The minimum Gasteiger partial charge on any atom is -0.448 e. The summed E-state index contributed by atoms with van der Waals surface area (Å²) in [4.78, 5) is 18.3. The van der Waals surface area contributed by atoms with Crippen LogP contribution in [0.3, 0.4) is 0 Å². The molecular formula is C20H26N6O. The van der Waals surface area contributed by atoms with Gasteiger partial charge in [-0.25, -0.2) is 15.0 Å². The number of aryl methyl sites for hydroxylation is 1. The molecule has 0 aromatic carbocycles. The van der Waals surface area contributed by atoms with Gasteiger partial charge < -0.3 is 9.32 Å². The number of aromatic nitrogens is 4. The number of hydrogen-bond acceptors (Lipinski definition) is 6. The van der Waals surface area contributed by atoms with Crippen LogP contribution in [0.25, 0.3) is 5.82 Å². The molecule has 142 valence electrons. The highest BCUT2D eigenvalue weighted by Crippen LogP contribution is 2.21. The quantitative estimate of drug-likeness (QED) is 0.692. The number of pyridine rings is 1. The first-order chi connectivity index (χ1) is 13.1. The highest BCUT2D eigenvalue weighted by molar-refractivity contribution is 5.43. The topological polar surface area (TPSA) is 63.2 Å². The van der Waals surface area contributed by atoms with Crippen LogP contribution in [0.1, 0.15) is 37.0 Å². The van der Waals surface area contributed by atoms with E-state index < -0.39 is 0 Å². The molecule has 1 aliphatic rings. The standard InChI is InChI=1S/C20H26N6O/c1-15(2)20-17(22-14-27-20)13-24-9-11-25(12-10-24)18-5-4-6-19(23-18)26-8-7-21-16(26)3/h4-8,14-15H,9-13H2,1-3H3. The molecule has 7 heteroatoms. The second-order valence-corrected chi connectivity index (χ2v) is 7.28. The molecule has 0 atom stereocenters. The molecule has 3 aromatic rings. The second kappa shape index (κ2) is 7.52. The monoisotopic (exact) mass is 366 g/mol. The van der Waals surface area contributed by atoms with Crippen molar-refractivity contribution in [3.8, 4) is 5.82 Å². The molecule has 0 spiro atoms. The summed E-state index contributed by atoms with van der Waals surface area (Å²) in [7, 11) is 0. The second-order valence-electron chi connectivity index (χ2n) is 7.28. The first-order valence-electron chi connectivity index (χ1n) is 9.49. The summed E-state index contributed by atoms with van der Waals surface area (Å²) in [6, 6.07) is 6.17. The third-order valence-corrected chi connectivity index (χ3v) is 5.06. The van der Waals surface area contributed by atoms with Gasteiger partial charge in [-0.05, 0) is 19.1 Å². The van der Waals surface area contributed by atoms with Gasteiger partial charge in [0.15, 0.2) is 6.39 Å². The lowest BCUT2D eigenvalue weighted by Gasteiger charge is -2.35. The van der Waals surface area contributed by atoms with Crippen LogP contribution >= 0.6 is 0 Å². The van der Waals surface area contributed by atoms with Crippen LogP contribution < -0.4 is 4.90 Å². The van der Waals surface area contributed by atoms with Crippen molar-refractivity contribution in [2.24, 2.45) is 0 Å². The summed E-state index contributed by atoms with van der Waals surface area (Å²) in [5, 5.41) is 0. The van der Waals surface area contributed by atoms with Gasteiger partial charge in [-0.1, -0.05) is 19.9 Å². The molecule has 4 heterocycles. The van der Waals surface area contributed by atoms with Crippen LogP contribution in [0, 0.1) is 6.92 Å². The summed E-state index contributed by atoms with van der Waals surface area (Å²) in [5.74, 6) is 4.24. The molecule has 0 aliphatic carbocycles. The van der Waals surface area contributed by atoms with E-state index in [0.29, 0.717) is 5.92 Å². The van der Waals surface area contributed by atoms with Crippen LogP contribution in [-0.2, 0) is 6.54 Å².